The largest absolute Gasteiger partial charge is 0.495 e. The number of β-amino-alcohol motifs (C(OH)–C–C–N with tert-alkyl or cyclic N) is 1. The van der Waals surface area contributed by atoms with E-state index < -0.39 is 12.2 Å². The van der Waals surface area contributed by atoms with Crippen molar-refractivity contribution in [2.45, 2.75) is 63.1 Å². The van der Waals surface area contributed by atoms with Gasteiger partial charge in [-0.1, -0.05) is 28.7 Å². The summed E-state index contributed by atoms with van der Waals surface area (Å²) in [5.74, 6) is 0.119. The molecule has 4 heterocycles. The fourth-order valence-corrected chi connectivity index (χ4v) is 7.07. The molecule has 0 amide bonds. The summed E-state index contributed by atoms with van der Waals surface area (Å²) in [5.41, 5.74) is 4.10. The van der Waals surface area contributed by atoms with Crippen LogP contribution in [-0.4, -0.2) is 80.3 Å². The van der Waals surface area contributed by atoms with E-state index in [9.17, 15) is 20.3 Å². The highest BCUT2D eigenvalue weighted by molar-refractivity contribution is 14.1. The van der Waals surface area contributed by atoms with E-state index >= 15 is 0 Å². The van der Waals surface area contributed by atoms with E-state index in [1.54, 1.807) is 12.1 Å². The molecule has 5 atom stereocenters. The highest BCUT2D eigenvalue weighted by Crippen LogP contribution is 2.39. The second-order valence-corrected chi connectivity index (χ2v) is 11.4. The van der Waals surface area contributed by atoms with Crippen molar-refractivity contribution >= 4 is 28.6 Å². The number of pyridine rings is 1. The predicted molar refractivity (Wildman–Crippen MR) is 148 cm³/mol. The number of esters is 1. The van der Waals surface area contributed by atoms with Gasteiger partial charge in [0.05, 0.1) is 24.5 Å². The van der Waals surface area contributed by atoms with E-state index in [1.165, 1.54) is 13.3 Å². The van der Waals surface area contributed by atoms with E-state index in [-0.39, 0.29) is 30.7 Å². The highest BCUT2D eigenvalue weighted by atomic mass is 127. The first-order valence-corrected chi connectivity index (χ1v) is 14.5. The standard InChI is InChI=1S/C28H33IN4O5/c1-16-19(4-5-20-21(16)15-38-28(20)36)25(34)14-33-18-3-6-24(33)23(7-8-29)32(12-18)13-26(35)22-9-27(37-2)17(10-30)11-31-22/h4-5,9,11,18,23-26,34-35H,3,6-8,12-15H2,1-2H3/t18?,23?,24?,25-,26?/m0/s1. The van der Waals surface area contributed by atoms with E-state index in [1.807, 2.05) is 13.0 Å². The molecule has 0 radical (unpaired) electrons. The number of alkyl halides is 1. The number of carbonyl (C=O) groups is 1. The Balaban J connectivity index is 1.31. The number of aliphatic hydroxyl groups excluding tert-OH is 2. The molecule has 0 saturated carbocycles. The summed E-state index contributed by atoms with van der Waals surface area (Å²) in [6, 6.07) is 8.17. The first-order chi connectivity index (χ1) is 18.4. The number of halogens is 1. The van der Waals surface area contributed by atoms with Crippen LogP contribution in [0, 0.1) is 18.3 Å². The number of cyclic esters (lactones) is 1. The molecule has 0 aliphatic carbocycles. The Morgan fingerprint density at radius 2 is 2.11 bits per heavy atom. The molecule has 0 spiro atoms. The summed E-state index contributed by atoms with van der Waals surface area (Å²) in [6.45, 7) is 4.01. The van der Waals surface area contributed by atoms with Crippen LogP contribution in [0.1, 0.15) is 69.8 Å². The Bertz CT molecular complexity index is 1250. The third kappa shape index (κ3) is 5.02. The summed E-state index contributed by atoms with van der Waals surface area (Å²) < 4.78 is 11.5. The lowest BCUT2D eigenvalue weighted by Gasteiger charge is -2.48. The van der Waals surface area contributed by atoms with Gasteiger partial charge in [0, 0.05) is 60.0 Å². The maximum atomic E-state index is 11.9. The quantitative estimate of drug-likeness (QED) is 0.244. The van der Waals surface area contributed by atoms with Crippen molar-refractivity contribution in [3.63, 3.8) is 0 Å². The van der Waals surface area contributed by atoms with Crippen LogP contribution in [0.2, 0.25) is 0 Å². The summed E-state index contributed by atoms with van der Waals surface area (Å²) in [5, 5.41) is 31.6. The zero-order valence-electron chi connectivity index (χ0n) is 21.6. The lowest BCUT2D eigenvalue weighted by Crippen LogP contribution is -2.60. The minimum absolute atomic E-state index is 0.250. The van der Waals surface area contributed by atoms with E-state index in [0.29, 0.717) is 35.7 Å². The van der Waals surface area contributed by atoms with E-state index in [0.717, 1.165) is 46.9 Å². The zero-order chi connectivity index (χ0) is 27.0. The van der Waals surface area contributed by atoms with Gasteiger partial charge in [-0.3, -0.25) is 14.8 Å². The number of nitriles is 1. The third-order valence-corrected chi connectivity index (χ3v) is 9.00. The van der Waals surface area contributed by atoms with Gasteiger partial charge in [-0.25, -0.2) is 4.79 Å². The summed E-state index contributed by atoms with van der Waals surface area (Å²) in [7, 11) is 1.51. The van der Waals surface area contributed by atoms with Crippen LogP contribution in [0.25, 0.3) is 0 Å². The molecule has 2 saturated heterocycles. The third-order valence-electron chi connectivity index (χ3n) is 8.38. The number of likely N-dealkylation sites (tertiary alicyclic amines) is 1. The number of ether oxygens (including phenoxy) is 2. The Morgan fingerprint density at radius 1 is 1.29 bits per heavy atom. The average molecular weight is 632 g/mol. The van der Waals surface area contributed by atoms with Gasteiger partial charge in [-0.15, -0.1) is 0 Å². The monoisotopic (exact) mass is 632 g/mol. The van der Waals surface area contributed by atoms with Gasteiger partial charge in [0.15, 0.2) is 0 Å². The zero-order valence-corrected chi connectivity index (χ0v) is 23.8. The number of hydrogen-bond acceptors (Lipinski definition) is 9. The number of methoxy groups -OCH3 is 1. The lowest BCUT2D eigenvalue weighted by atomic mass is 9.94. The molecular formula is C28H33IN4O5. The Labute approximate surface area is 236 Å². The van der Waals surface area contributed by atoms with Crippen molar-refractivity contribution in [3.05, 3.63) is 57.9 Å². The molecule has 10 heteroatoms. The Hall–Kier alpha value is -2.30. The summed E-state index contributed by atoms with van der Waals surface area (Å²) >= 11 is 2.41. The number of fused-ring (bicyclic) bond motifs is 3. The van der Waals surface area contributed by atoms with E-state index in [2.05, 4.69) is 43.4 Å². The van der Waals surface area contributed by atoms with Gasteiger partial charge in [0.25, 0.3) is 0 Å². The molecule has 2 fully saturated rings. The van der Waals surface area contributed by atoms with Crippen LogP contribution in [-0.2, 0) is 11.3 Å². The second kappa shape index (κ2) is 11.4. The average Bonchev–Trinajstić information content (AvgIpc) is 3.44. The number of hydrogen-bond donors (Lipinski definition) is 2. The minimum Gasteiger partial charge on any atom is -0.495 e. The highest BCUT2D eigenvalue weighted by Gasteiger charge is 2.46. The molecule has 2 bridgehead atoms. The van der Waals surface area contributed by atoms with Crippen molar-refractivity contribution in [1.29, 1.82) is 5.26 Å². The smallest absolute Gasteiger partial charge is 0.338 e. The van der Waals surface area contributed by atoms with Crippen molar-refractivity contribution in [2.75, 3.05) is 31.2 Å². The number of aromatic nitrogens is 1. The molecule has 9 nitrogen and oxygen atoms in total. The number of aliphatic hydroxyl groups is 2. The molecule has 5 rings (SSSR count). The van der Waals surface area contributed by atoms with Crippen LogP contribution >= 0.6 is 22.6 Å². The molecule has 2 N–H and O–H groups in total. The molecule has 3 aliphatic rings. The molecule has 2 aromatic rings. The molecule has 3 aliphatic heterocycles. The topological polar surface area (TPSA) is 119 Å². The SMILES string of the molecule is COc1cc(C(O)CN2CC3CCC(C2CCI)N3C[C@H](O)c2ccc3c(c2C)COC3=O)ncc1C#N. The van der Waals surface area contributed by atoms with Gasteiger partial charge >= 0.3 is 5.97 Å². The molecule has 1 aromatic carbocycles. The summed E-state index contributed by atoms with van der Waals surface area (Å²) in [6.07, 6.45) is 3.08. The number of piperazine rings is 1. The van der Waals surface area contributed by atoms with Gasteiger partial charge in [-0.05, 0) is 43.4 Å². The van der Waals surface area contributed by atoms with Crippen LogP contribution in [0.4, 0.5) is 0 Å². The fourth-order valence-electron chi connectivity index (χ4n) is 6.44. The molecule has 1 aromatic heterocycles. The van der Waals surface area contributed by atoms with Crippen LogP contribution < -0.4 is 4.74 Å². The minimum atomic E-state index is -0.802. The summed E-state index contributed by atoms with van der Waals surface area (Å²) in [4.78, 5) is 21.1. The second-order valence-electron chi connectivity index (χ2n) is 10.3. The van der Waals surface area contributed by atoms with Crippen LogP contribution in [0.5, 0.6) is 5.75 Å². The Kier molecular flexibility index (Phi) is 8.21. The van der Waals surface area contributed by atoms with Gasteiger partial charge in [-0.2, -0.15) is 5.26 Å². The van der Waals surface area contributed by atoms with Crippen molar-refractivity contribution in [3.8, 4) is 11.8 Å². The van der Waals surface area contributed by atoms with Gasteiger partial charge < -0.3 is 19.7 Å². The molecular weight excluding hydrogens is 599 g/mol. The van der Waals surface area contributed by atoms with Gasteiger partial charge in [0.2, 0.25) is 0 Å². The maximum absolute atomic E-state index is 11.9. The van der Waals surface area contributed by atoms with E-state index in [4.69, 9.17) is 9.47 Å². The van der Waals surface area contributed by atoms with Crippen LogP contribution in [0.15, 0.2) is 24.4 Å². The molecule has 38 heavy (non-hydrogen) atoms. The van der Waals surface area contributed by atoms with Crippen LogP contribution in [0.3, 0.4) is 0 Å². The lowest BCUT2D eigenvalue weighted by molar-refractivity contribution is -0.0286. The number of nitrogens with zero attached hydrogens (tertiary/aromatic N) is 4. The molecule has 4 unspecified atom stereocenters. The fraction of sp³-hybridized carbons (Fsp3) is 0.536. The normalized spacial score (nSPS) is 24.5. The Morgan fingerprint density at radius 3 is 2.84 bits per heavy atom. The number of rotatable bonds is 9. The first kappa shape index (κ1) is 27.3. The first-order valence-electron chi connectivity index (χ1n) is 13.0. The van der Waals surface area contributed by atoms with Crippen molar-refractivity contribution in [1.82, 2.24) is 14.8 Å². The van der Waals surface area contributed by atoms with Gasteiger partial charge in [0.1, 0.15) is 30.1 Å². The van der Waals surface area contributed by atoms with Crippen molar-refractivity contribution in [2.24, 2.45) is 0 Å². The maximum Gasteiger partial charge on any atom is 0.338 e. The number of carbonyl (C=O) groups excluding carboxylic acids is 1. The number of benzene rings is 1. The van der Waals surface area contributed by atoms with Crippen molar-refractivity contribution < 1.29 is 24.5 Å². The predicted octanol–water partition coefficient (Wildman–Crippen LogP) is 3.05. The molecule has 202 valence electrons.